The fraction of sp³-hybridized carbons (Fsp3) is 0.250. The third kappa shape index (κ3) is 1.46. The number of anilines is 1. The number of carboxylic acids is 1. The highest BCUT2D eigenvalue weighted by Crippen LogP contribution is 2.37. The Morgan fingerprint density at radius 2 is 2.39 bits per heavy atom. The lowest BCUT2D eigenvalue weighted by Crippen LogP contribution is -2.02. The summed E-state index contributed by atoms with van der Waals surface area (Å²) in [5, 5.41) is 12.7. The van der Waals surface area contributed by atoms with E-state index in [1.807, 2.05) is 0 Å². The Bertz CT molecular complexity index is 655. The number of aromatic nitrogens is 2. The number of fused-ring (bicyclic) bond motifs is 3. The molecule has 0 aliphatic carbocycles. The molecular formula is C12H11N3O3. The average molecular weight is 245 g/mol. The van der Waals surface area contributed by atoms with Gasteiger partial charge in [0.2, 0.25) is 0 Å². The smallest absolute Gasteiger partial charge is 0.354 e. The van der Waals surface area contributed by atoms with Crippen molar-refractivity contribution in [3.05, 3.63) is 23.5 Å². The van der Waals surface area contributed by atoms with Crippen LogP contribution in [0.3, 0.4) is 0 Å². The normalized spacial score (nSPS) is 13.2. The van der Waals surface area contributed by atoms with E-state index in [1.165, 1.54) is 12.3 Å². The van der Waals surface area contributed by atoms with Gasteiger partial charge in [-0.2, -0.15) is 0 Å². The molecule has 6 nitrogen and oxygen atoms in total. The maximum atomic E-state index is 10.9. The predicted molar refractivity (Wildman–Crippen MR) is 65.2 cm³/mol. The fourth-order valence-corrected chi connectivity index (χ4v) is 2.15. The number of ether oxygens (including phenoxy) is 1. The van der Waals surface area contributed by atoms with Crippen molar-refractivity contribution in [2.75, 3.05) is 19.0 Å². The fourth-order valence-electron chi connectivity index (χ4n) is 2.15. The number of carbonyl (C=O) groups is 1. The number of nitrogens with one attached hydrogen (secondary N) is 1. The third-order valence-electron chi connectivity index (χ3n) is 2.97. The lowest BCUT2D eigenvalue weighted by atomic mass is 10.1. The molecular weight excluding hydrogens is 234 g/mol. The zero-order chi connectivity index (χ0) is 12.7. The molecule has 2 aromatic heterocycles. The molecule has 0 saturated carbocycles. The summed E-state index contributed by atoms with van der Waals surface area (Å²) in [4.78, 5) is 19.2. The first-order valence-corrected chi connectivity index (χ1v) is 5.57. The van der Waals surface area contributed by atoms with Crippen LogP contribution in [0.4, 0.5) is 5.82 Å². The number of aromatic carboxylic acids is 1. The van der Waals surface area contributed by atoms with E-state index < -0.39 is 5.97 Å². The van der Waals surface area contributed by atoms with E-state index in [-0.39, 0.29) is 5.69 Å². The van der Waals surface area contributed by atoms with Crippen molar-refractivity contribution in [1.29, 1.82) is 0 Å². The van der Waals surface area contributed by atoms with Gasteiger partial charge in [0.05, 0.1) is 18.3 Å². The van der Waals surface area contributed by atoms with Crippen LogP contribution in [0.5, 0.6) is 5.75 Å². The van der Waals surface area contributed by atoms with Gasteiger partial charge in [0.25, 0.3) is 0 Å². The van der Waals surface area contributed by atoms with Crippen LogP contribution in [-0.4, -0.2) is 34.7 Å². The zero-order valence-electron chi connectivity index (χ0n) is 9.73. The first kappa shape index (κ1) is 10.8. The van der Waals surface area contributed by atoms with Gasteiger partial charge < -0.3 is 15.2 Å². The number of nitrogens with zero attached hydrogens (tertiary/aromatic N) is 2. The van der Waals surface area contributed by atoms with E-state index in [1.54, 1.807) is 7.05 Å². The Balaban J connectivity index is 2.33. The molecule has 0 amide bonds. The van der Waals surface area contributed by atoms with Crippen molar-refractivity contribution in [3.8, 4) is 5.75 Å². The van der Waals surface area contributed by atoms with Gasteiger partial charge >= 0.3 is 5.97 Å². The van der Waals surface area contributed by atoms with Crippen molar-refractivity contribution in [2.45, 2.75) is 6.42 Å². The minimum Gasteiger partial charge on any atom is -0.492 e. The highest BCUT2D eigenvalue weighted by Gasteiger charge is 2.22. The summed E-state index contributed by atoms with van der Waals surface area (Å²) < 4.78 is 5.59. The number of hydrogen-bond acceptors (Lipinski definition) is 5. The zero-order valence-corrected chi connectivity index (χ0v) is 9.73. The highest BCUT2D eigenvalue weighted by molar-refractivity contribution is 5.95. The van der Waals surface area contributed by atoms with Crippen LogP contribution in [0.15, 0.2) is 12.3 Å². The topological polar surface area (TPSA) is 84.3 Å². The van der Waals surface area contributed by atoms with Crippen LogP contribution >= 0.6 is 0 Å². The maximum absolute atomic E-state index is 10.9. The summed E-state index contributed by atoms with van der Waals surface area (Å²) in [6.45, 7) is 0.593. The largest absolute Gasteiger partial charge is 0.492 e. The van der Waals surface area contributed by atoms with Gasteiger partial charge in [-0.25, -0.2) is 14.8 Å². The molecule has 3 heterocycles. The molecule has 92 valence electrons. The van der Waals surface area contributed by atoms with Gasteiger partial charge in [0.15, 0.2) is 0 Å². The molecule has 2 aromatic rings. The van der Waals surface area contributed by atoms with Gasteiger partial charge in [0, 0.05) is 24.4 Å². The molecule has 1 aliphatic heterocycles. The molecule has 3 rings (SSSR count). The van der Waals surface area contributed by atoms with E-state index in [9.17, 15) is 4.79 Å². The summed E-state index contributed by atoms with van der Waals surface area (Å²) in [6, 6.07) is 1.51. The first-order valence-electron chi connectivity index (χ1n) is 5.57. The van der Waals surface area contributed by atoms with Gasteiger partial charge in [-0.05, 0) is 6.07 Å². The summed E-state index contributed by atoms with van der Waals surface area (Å²) in [7, 11) is 1.80. The summed E-state index contributed by atoms with van der Waals surface area (Å²) in [5.74, 6) is 0.426. The van der Waals surface area contributed by atoms with E-state index in [0.29, 0.717) is 23.3 Å². The molecule has 0 unspecified atom stereocenters. The van der Waals surface area contributed by atoms with Gasteiger partial charge in [0.1, 0.15) is 17.3 Å². The van der Waals surface area contributed by atoms with Crippen LogP contribution in [0, 0.1) is 0 Å². The molecule has 0 atom stereocenters. The van der Waals surface area contributed by atoms with Crippen LogP contribution in [0.25, 0.3) is 10.9 Å². The van der Waals surface area contributed by atoms with Crippen molar-refractivity contribution < 1.29 is 14.6 Å². The molecule has 6 heteroatoms. The van der Waals surface area contributed by atoms with Gasteiger partial charge in [-0.15, -0.1) is 0 Å². The van der Waals surface area contributed by atoms with Gasteiger partial charge in [-0.3, -0.25) is 0 Å². The number of pyridine rings is 2. The second kappa shape index (κ2) is 3.83. The van der Waals surface area contributed by atoms with E-state index in [2.05, 4.69) is 15.3 Å². The van der Waals surface area contributed by atoms with Gasteiger partial charge in [-0.1, -0.05) is 0 Å². The lowest BCUT2D eigenvalue weighted by molar-refractivity contribution is 0.0690. The second-order valence-corrected chi connectivity index (χ2v) is 4.01. The van der Waals surface area contributed by atoms with Crippen LogP contribution in [0.2, 0.25) is 0 Å². The maximum Gasteiger partial charge on any atom is 0.354 e. The molecule has 0 aromatic carbocycles. The summed E-state index contributed by atoms with van der Waals surface area (Å²) in [5.41, 5.74) is 1.62. The molecule has 0 saturated heterocycles. The van der Waals surface area contributed by atoms with E-state index in [0.717, 1.165) is 17.8 Å². The van der Waals surface area contributed by atoms with E-state index >= 15 is 0 Å². The van der Waals surface area contributed by atoms with Crippen LogP contribution < -0.4 is 10.1 Å². The van der Waals surface area contributed by atoms with Crippen molar-refractivity contribution in [1.82, 2.24) is 9.97 Å². The Morgan fingerprint density at radius 3 is 3.11 bits per heavy atom. The minimum atomic E-state index is -1.05. The Kier molecular flexibility index (Phi) is 2.29. The second-order valence-electron chi connectivity index (χ2n) is 4.01. The molecule has 0 bridgehead atoms. The summed E-state index contributed by atoms with van der Waals surface area (Å²) >= 11 is 0. The molecule has 0 spiro atoms. The molecule has 1 aliphatic rings. The van der Waals surface area contributed by atoms with Crippen molar-refractivity contribution in [2.24, 2.45) is 0 Å². The quantitative estimate of drug-likeness (QED) is 0.829. The summed E-state index contributed by atoms with van der Waals surface area (Å²) in [6.07, 6.45) is 2.24. The van der Waals surface area contributed by atoms with Crippen LogP contribution in [-0.2, 0) is 6.42 Å². The number of hydrogen-bond donors (Lipinski definition) is 2. The molecule has 2 N–H and O–H groups in total. The Labute approximate surface area is 103 Å². The molecule has 18 heavy (non-hydrogen) atoms. The lowest BCUT2D eigenvalue weighted by Gasteiger charge is -2.09. The van der Waals surface area contributed by atoms with Crippen LogP contribution in [0.1, 0.15) is 16.1 Å². The standard InChI is InChI=1S/C12H11N3O3/c1-13-11-6-2-3-18-10(6)7-4-8(12(16)17)14-5-9(7)15-11/h4-5H,2-3H2,1H3,(H,13,15)(H,16,17). The number of carboxylic acid groups (broad SMARTS) is 1. The Hall–Kier alpha value is -2.37. The first-order chi connectivity index (χ1) is 8.70. The average Bonchev–Trinajstić information content (AvgIpc) is 2.86. The third-order valence-corrected chi connectivity index (χ3v) is 2.97. The van der Waals surface area contributed by atoms with Crippen molar-refractivity contribution in [3.63, 3.8) is 0 Å². The van der Waals surface area contributed by atoms with Crippen molar-refractivity contribution >= 4 is 22.7 Å². The SMILES string of the molecule is CNc1nc2cnc(C(=O)O)cc2c2c1CCO2. The monoisotopic (exact) mass is 245 g/mol. The molecule has 0 fully saturated rings. The highest BCUT2D eigenvalue weighted by atomic mass is 16.5. The number of rotatable bonds is 2. The minimum absolute atomic E-state index is 0.000734. The predicted octanol–water partition coefficient (Wildman–Crippen LogP) is 1.30. The molecule has 0 radical (unpaired) electrons. The van der Waals surface area contributed by atoms with E-state index in [4.69, 9.17) is 9.84 Å². The Morgan fingerprint density at radius 1 is 1.56 bits per heavy atom.